The Morgan fingerprint density at radius 2 is 1.96 bits per heavy atom. The van der Waals surface area contributed by atoms with Gasteiger partial charge in [-0.15, -0.1) is 0 Å². The van der Waals surface area contributed by atoms with E-state index in [2.05, 4.69) is 15.5 Å². The molecule has 27 heavy (non-hydrogen) atoms. The van der Waals surface area contributed by atoms with Crippen molar-refractivity contribution in [2.75, 3.05) is 43.1 Å². The molecule has 3 rings (SSSR count). The maximum Gasteiger partial charge on any atom is 0.253 e. The summed E-state index contributed by atoms with van der Waals surface area (Å²) in [6, 6.07) is 5.71. The highest BCUT2D eigenvalue weighted by atomic mass is 16.5. The van der Waals surface area contributed by atoms with Crippen LogP contribution in [0.5, 0.6) is 0 Å². The van der Waals surface area contributed by atoms with Crippen molar-refractivity contribution >= 4 is 23.2 Å². The minimum absolute atomic E-state index is 0.0591. The maximum absolute atomic E-state index is 12.8. The van der Waals surface area contributed by atoms with E-state index in [9.17, 15) is 9.59 Å². The third-order valence-corrected chi connectivity index (χ3v) is 5.11. The standard InChI is InChI=1S/C21H31N3O3/c1-2-27-14-6-11-22-21(26)18-15-17(23-20(25)16-7-8-16)9-10-19(18)24-12-4-3-5-13-24/h9-10,15-16H,2-8,11-14H2,1H3,(H,22,26)(H,23,25). The van der Waals surface area contributed by atoms with E-state index in [-0.39, 0.29) is 17.7 Å². The highest BCUT2D eigenvalue weighted by Crippen LogP contribution is 2.31. The molecule has 1 aromatic carbocycles. The molecule has 1 heterocycles. The number of ether oxygens (including phenoxy) is 1. The number of amides is 2. The Balaban J connectivity index is 1.71. The van der Waals surface area contributed by atoms with Crippen LogP contribution < -0.4 is 15.5 Å². The van der Waals surface area contributed by atoms with Gasteiger partial charge in [0.25, 0.3) is 5.91 Å². The summed E-state index contributed by atoms with van der Waals surface area (Å²) in [6.45, 7) is 5.82. The summed E-state index contributed by atoms with van der Waals surface area (Å²) >= 11 is 0. The maximum atomic E-state index is 12.8. The summed E-state index contributed by atoms with van der Waals surface area (Å²) in [5.41, 5.74) is 2.30. The lowest BCUT2D eigenvalue weighted by Crippen LogP contribution is -2.33. The summed E-state index contributed by atoms with van der Waals surface area (Å²) in [7, 11) is 0. The first kappa shape index (κ1) is 19.7. The van der Waals surface area contributed by atoms with Crippen molar-refractivity contribution in [2.45, 2.75) is 45.4 Å². The molecule has 0 atom stereocenters. The molecule has 1 aromatic rings. The second kappa shape index (κ2) is 9.74. The van der Waals surface area contributed by atoms with Gasteiger partial charge >= 0.3 is 0 Å². The van der Waals surface area contributed by atoms with Gasteiger partial charge in [0.15, 0.2) is 0 Å². The quantitative estimate of drug-likeness (QED) is 0.652. The molecule has 2 N–H and O–H groups in total. The minimum Gasteiger partial charge on any atom is -0.382 e. The fraction of sp³-hybridized carbons (Fsp3) is 0.619. The molecular weight excluding hydrogens is 342 g/mol. The van der Waals surface area contributed by atoms with Crippen LogP contribution in [0.15, 0.2) is 18.2 Å². The third-order valence-electron chi connectivity index (χ3n) is 5.11. The smallest absolute Gasteiger partial charge is 0.253 e. The van der Waals surface area contributed by atoms with Gasteiger partial charge in [-0.2, -0.15) is 0 Å². The molecule has 148 valence electrons. The highest BCUT2D eigenvalue weighted by Gasteiger charge is 2.30. The molecular formula is C21H31N3O3. The Hall–Kier alpha value is -2.08. The van der Waals surface area contributed by atoms with Crippen molar-refractivity contribution in [3.8, 4) is 0 Å². The second-order valence-corrected chi connectivity index (χ2v) is 7.35. The Morgan fingerprint density at radius 1 is 1.19 bits per heavy atom. The molecule has 0 spiro atoms. The van der Waals surface area contributed by atoms with Crippen molar-refractivity contribution < 1.29 is 14.3 Å². The highest BCUT2D eigenvalue weighted by molar-refractivity contribution is 6.02. The van der Waals surface area contributed by atoms with E-state index in [4.69, 9.17) is 4.74 Å². The van der Waals surface area contributed by atoms with Crippen LogP contribution in [0.3, 0.4) is 0 Å². The summed E-state index contributed by atoms with van der Waals surface area (Å²) in [5, 5.41) is 5.95. The molecule has 1 aliphatic heterocycles. The first-order valence-electron chi connectivity index (χ1n) is 10.2. The number of hydrogen-bond acceptors (Lipinski definition) is 4. The largest absolute Gasteiger partial charge is 0.382 e. The topological polar surface area (TPSA) is 70.7 Å². The van der Waals surface area contributed by atoms with E-state index in [1.165, 1.54) is 6.42 Å². The molecule has 2 aliphatic rings. The lowest BCUT2D eigenvalue weighted by Gasteiger charge is -2.30. The summed E-state index contributed by atoms with van der Waals surface area (Å²) < 4.78 is 5.32. The number of hydrogen-bond donors (Lipinski definition) is 2. The fourth-order valence-electron chi connectivity index (χ4n) is 3.41. The lowest BCUT2D eigenvalue weighted by molar-refractivity contribution is -0.117. The van der Waals surface area contributed by atoms with Crippen LogP contribution in [0.4, 0.5) is 11.4 Å². The van der Waals surface area contributed by atoms with Crippen LogP contribution in [-0.4, -0.2) is 44.7 Å². The van der Waals surface area contributed by atoms with Crippen LogP contribution in [-0.2, 0) is 9.53 Å². The van der Waals surface area contributed by atoms with E-state index in [0.717, 1.165) is 50.9 Å². The number of carbonyl (C=O) groups excluding carboxylic acids is 2. The van der Waals surface area contributed by atoms with E-state index < -0.39 is 0 Å². The number of nitrogens with zero attached hydrogens (tertiary/aromatic N) is 1. The van der Waals surface area contributed by atoms with E-state index >= 15 is 0 Å². The molecule has 0 aromatic heterocycles. The Labute approximate surface area is 161 Å². The number of carbonyl (C=O) groups is 2. The minimum atomic E-state index is -0.0883. The predicted molar refractivity (Wildman–Crippen MR) is 107 cm³/mol. The predicted octanol–water partition coefficient (Wildman–Crippen LogP) is 3.18. The van der Waals surface area contributed by atoms with Crippen molar-refractivity contribution in [1.29, 1.82) is 0 Å². The van der Waals surface area contributed by atoms with Crippen LogP contribution in [0, 0.1) is 5.92 Å². The average Bonchev–Trinajstić information content (AvgIpc) is 3.54. The van der Waals surface area contributed by atoms with E-state index in [0.29, 0.717) is 31.0 Å². The van der Waals surface area contributed by atoms with Crippen LogP contribution in [0.1, 0.15) is 55.8 Å². The Morgan fingerprint density at radius 3 is 2.67 bits per heavy atom. The Bertz CT molecular complexity index is 652. The molecule has 6 heteroatoms. The van der Waals surface area contributed by atoms with Gasteiger partial charge in [-0.1, -0.05) is 0 Å². The average molecular weight is 373 g/mol. The number of rotatable bonds is 9. The van der Waals surface area contributed by atoms with Crippen molar-refractivity contribution in [3.63, 3.8) is 0 Å². The number of benzene rings is 1. The van der Waals surface area contributed by atoms with Crippen LogP contribution in [0.25, 0.3) is 0 Å². The molecule has 0 unspecified atom stereocenters. The Kier molecular flexibility index (Phi) is 7.10. The van der Waals surface area contributed by atoms with Gasteiger partial charge in [0.1, 0.15) is 0 Å². The van der Waals surface area contributed by atoms with Crippen molar-refractivity contribution in [2.24, 2.45) is 5.92 Å². The van der Waals surface area contributed by atoms with Crippen LogP contribution >= 0.6 is 0 Å². The molecule has 0 bridgehead atoms. The van der Waals surface area contributed by atoms with Crippen molar-refractivity contribution in [1.82, 2.24) is 5.32 Å². The monoisotopic (exact) mass is 373 g/mol. The zero-order valence-electron chi connectivity index (χ0n) is 16.3. The van der Waals surface area contributed by atoms with E-state index in [1.807, 2.05) is 25.1 Å². The van der Waals surface area contributed by atoms with E-state index in [1.54, 1.807) is 0 Å². The van der Waals surface area contributed by atoms with Gasteiger partial charge in [-0.3, -0.25) is 9.59 Å². The number of nitrogens with one attached hydrogen (secondary N) is 2. The van der Waals surface area contributed by atoms with Gasteiger partial charge in [0, 0.05) is 50.1 Å². The van der Waals surface area contributed by atoms with Crippen LogP contribution in [0.2, 0.25) is 0 Å². The number of piperidine rings is 1. The first-order valence-corrected chi connectivity index (χ1v) is 10.2. The summed E-state index contributed by atoms with van der Waals surface area (Å²) in [5.74, 6) is 0.112. The van der Waals surface area contributed by atoms with Gasteiger partial charge in [-0.25, -0.2) is 0 Å². The molecule has 0 radical (unpaired) electrons. The molecule has 1 aliphatic carbocycles. The molecule has 1 saturated heterocycles. The second-order valence-electron chi connectivity index (χ2n) is 7.35. The van der Waals surface area contributed by atoms with Gasteiger partial charge in [0.2, 0.25) is 5.91 Å². The fourth-order valence-corrected chi connectivity index (χ4v) is 3.41. The van der Waals surface area contributed by atoms with Crippen molar-refractivity contribution in [3.05, 3.63) is 23.8 Å². The summed E-state index contributed by atoms with van der Waals surface area (Å²) in [6.07, 6.45) is 6.25. The lowest BCUT2D eigenvalue weighted by atomic mass is 10.1. The molecule has 6 nitrogen and oxygen atoms in total. The number of anilines is 2. The SMILES string of the molecule is CCOCCCNC(=O)c1cc(NC(=O)C2CC2)ccc1N1CCCCC1. The third kappa shape index (κ3) is 5.70. The van der Waals surface area contributed by atoms with Gasteiger partial charge < -0.3 is 20.3 Å². The molecule has 2 amide bonds. The van der Waals surface area contributed by atoms with Gasteiger partial charge in [-0.05, 0) is 63.6 Å². The zero-order valence-corrected chi connectivity index (χ0v) is 16.3. The molecule has 1 saturated carbocycles. The normalized spacial score (nSPS) is 16.9. The zero-order chi connectivity index (χ0) is 19.1. The summed E-state index contributed by atoms with van der Waals surface area (Å²) in [4.78, 5) is 27.2. The first-order chi connectivity index (χ1) is 13.2. The molecule has 2 fully saturated rings. The van der Waals surface area contributed by atoms with Gasteiger partial charge in [0.05, 0.1) is 5.56 Å².